The monoisotopic (exact) mass is 513 g/mol. The summed E-state index contributed by atoms with van der Waals surface area (Å²) in [5.74, 6) is -2.45. The Kier molecular flexibility index (Phi) is 7.61. The number of nitrogens with zero attached hydrogens (tertiary/aromatic N) is 4. The van der Waals surface area contributed by atoms with E-state index in [2.05, 4.69) is 15.3 Å². The number of oxazole rings is 1. The quantitative estimate of drug-likeness (QED) is 0.476. The Hall–Kier alpha value is -4.15. The molecule has 1 aliphatic rings. The van der Waals surface area contributed by atoms with Crippen molar-refractivity contribution in [1.82, 2.24) is 19.8 Å². The minimum atomic E-state index is -4.89. The second kappa shape index (κ2) is 10.9. The third kappa shape index (κ3) is 6.35. The van der Waals surface area contributed by atoms with E-state index < -0.39 is 23.5 Å². The second-order valence-electron chi connectivity index (χ2n) is 8.90. The van der Waals surface area contributed by atoms with Crippen LogP contribution >= 0.6 is 0 Å². The van der Waals surface area contributed by atoms with Gasteiger partial charge in [0.05, 0.1) is 17.6 Å². The number of carbonyl (C=O) groups excluding carboxylic acids is 2. The number of carbonyl (C=O) groups is 2. The summed E-state index contributed by atoms with van der Waals surface area (Å²) in [5, 5.41) is 2.40. The van der Waals surface area contributed by atoms with Crippen LogP contribution in [-0.4, -0.2) is 58.9 Å². The zero-order chi connectivity index (χ0) is 26.6. The molecule has 1 atom stereocenters. The normalized spacial score (nSPS) is 15.8. The molecule has 4 rings (SSSR count). The first kappa shape index (κ1) is 25.9. The van der Waals surface area contributed by atoms with E-state index in [0.717, 1.165) is 19.4 Å². The van der Waals surface area contributed by atoms with Gasteiger partial charge in [-0.25, -0.2) is 9.78 Å². The van der Waals surface area contributed by atoms with E-state index in [1.807, 2.05) is 17.1 Å². The van der Waals surface area contributed by atoms with Crippen molar-refractivity contribution in [3.8, 4) is 11.5 Å². The summed E-state index contributed by atoms with van der Waals surface area (Å²) in [4.78, 5) is 36.1. The van der Waals surface area contributed by atoms with Gasteiger partial charge in [-0.05, 0) is 49.1 Å². The van der Waals surface area contributed by atoms with Crippen LogP contribution in [0.25, 0.3) is 17.5 Å². The minimum Gasteiger partial charge on any atom is -0.431 e. The highest BCUT2D eigenvalue weighted by atomic mass is 19.4. The van der Waals surface area contributed by atoms with Crippen molar-refractivity contribution in [3.05, 3.63) is 71.9 Å². The van der Waals surface area contributed by atoms with E-state index in [1.165, 1.54) is 18.3 Å². The molecule has 11 heteroatoms. The Labute approximate surface area is 211 Å². The van der Waals surface area contributed by atoms with E-state index in [9.17, 15) is 22.8 Å². The lowest BCUT2D eigenvalue weighted by Gasteiger charge is -2.21. The smallest absolute Gasteiger partial charge is 0.431 e. The largest absolute Gasteiger partial charge is 0.452 e. The number of hydrogen-bond acceptors (Lipinski definition) is 5. The van der Waals surface area contributed by atoms with E-state index >= 15 is 0 Å². The molecule has 1 saturated heterocycles. The predicted octanol–water partition coefficient (Wildman–Crippen LogP) is 5.41. The number of likely N-dealkylation sites (tertiary alicyclic amines) is 1. The van der Waals surface area contributed by atoms with Gasteiger partial charge in [-0.3, -0.25) is 9.78 Å². The molecule has 0 bridgehead atoms. The molecule has 1 aromatic carbocycles. The fourth-order valence-corrected chi connectivity index (χ4v) is 4.00. The number of amides is 3. The fourth-order valence-electron chi connectivity index (χ4n) is 4.00. The predicted molar refractivity (Wildman–Crippen MR) is 132 cm³/mol. The van der Waals surface area contributed by atoms with Crippen molar-refractivity contribution in [2.75, 3.05) is 32.5 Å². The molecule has 1 aliphatic heterocycles. The minimum absolute atomic E-state index is 0.00930. The molecule has 3 heterocycles. The third-order valence-corrected chi connectivity index (χ3v) is 5.86. The molecule has 1 N–H and O–H groups in total. The van der Waals surface area contributed by atoms with Crippen molar-refractivity contribution in [2.24, 2.45) is 5.92 Å². The first-order valence-corrected chi connectivity index (χ1v) is 11.7. The number of halogens is 3. The Balaban J connectivity index is 1.38. The lowest BCUT2D eigenvalue weighted by molar-refractivity contribution is -0.153. The molecule has 8 nitrogen and oxygen atoms in total. The zero-order valence-electron chi connectivity index (χ0n) is 20.3. The third-order valence-electron chi connectivity index (χ3n) is 5.86. The van der Waals surface area contributed by atoms with Crippen LogP contribution in [0.5, 0.6) is 0 Å². The highest BCUT2D eigenvalue weighted by Crippen LogP contribution is 2.35. The van der Waals surface area contributed by atoms with Crippen LogP contribution in [0.3, 0.4) is 0 Å². The number of anilines is 1. The summed E-state index contributed by atoms with van der Waals surface area (Å²) in [6.07, 6.45) is 1.98. The molecular formula is C26H26F3N5O3. The average Bonchev–Trinajstić information content (AvgIpc) is 3.53. The number of hydrogen-bond donors (Lipinski definition) is 1. The van der Waals surface area contributed by atoms with Crippen molar-refractivity contribution in [2.45, 2.75) is 19.0 Å². The number of rotatable bonds is 6. The van der Waals surface area contributed by atoms with E-state index in [-0.39, 0.29) is 17.6 Å². The molecule has 0 radical (unpaired) electrons. The van der Waals surface area contributed by atoms with E-state index in [1.54, 1.807) is 49.3 Å². The summed E-state index contributed by atoms with van der Waals surface area (Å²) in [7, 11) is 3.46. The molecule has 2 aromatic heterocycles. The molecule has 3 aromatic rings. The zero-order valence-corrected chi connectivity index (χ0v) is 20.3. The van der Waals surface area contributed by atoms with Gasteiger partial charge < -0.3 is 19.5 Å². The van der Waals surface area contributed by atoms with Crippen LogP contribution in [0.2, 0.25) is 0 Å². The molecule has 0 spiro atoms. The topological polar surface area (TPSA) is 91.6 Å². The van der Waals surface area contributed by atoms with Crippen molar-refractivity contribution in [1.29, 1.82) is 0 Å². The maximum Gasteiger partial charge on any atom is 0.452 e. The number of alkyl halides is 3. The summed E-state index contributed by atoms with van der Waals surface area (Å²) in [5.41, 5.74) is 0.308. The summed E-state index contributed by atoms with van der Waals surface area (Å²) < 4.78 is 45.4. The first-order valence-electron chi connectivity index (χ1n) is 11.7. The van der Waals surface area contributed by atoms with Crippen molar-refractivity contribution >= 4 is 23.7 Å². The number of nitrogens with one attached hydrogen (secondary N) is 1. The molecular weight excluding hydrogens is 487 g/mol. The highest BCUT2D eigenvalue weighted by molar-refractivity contribution is 6.03. The molecule has 0 saturated carbocycles. The summed E-state index contributed by atoms with van der Waals surface area (Å²) in [6, 6.07) is 11.2. The van der Waals surface area contributed by atoms with Gasteiger partial charge in [-0.1, -0.05) is 24.3 Å². The highest BCUT2D eigenvalue weighted by Gasteiger charge is 2.42. The molecule has 194 valence electrons. The van der Waals surface area contributed by atoms with Crippen LogP contribution in [0.1, 0.15) is 34.8 Å². The van der Waals surface area contributed by atoms with Gasteiger partial charge in [0, 0.05) is 32.7 Å². The van der Waals surface area contributed by atoms with Crippen molar-refractivity contribution in [3.63, 3.8) is 0 Å². The van der Waals surface area contributed by atoms with Crippen LogP contribution in [0, 0.1) is 5.92 Å². The Morgan fingerprint density at radius 3 is 2.59 bits per heavy atom. The van der Waals surface area contributed by atoms with Gasteiger partial charge in [0.1, 0.15) is 0 Å². The number of benzene rings is 1. The summed E-state index contributed by atoms with van der Waals surface area (Å²) >= 11 is 0. The van der Waals surface area contributed by atoms with Crippen molar-refractivity contribution < 1.29 is 27.2 Å². The molecule has 0 aliphatic carbocycles. The lowest BCUT2D eigenvalue weighted by atomic mass is 10.0. The number of urea groups is 1. The standard InChI is InChI=1S/C26H26F3N5O3/c1-33(2)25(36)34-14-13-17(16-34)7-6-10-19-11-12-20(15-30-19)31-23(35)21-22(26(27,28)29)37-24(32-21)18-8-4-3-5-9-18/h3-6,8-12,15,17H,7,13-14,16H2,1-2H3,(H,31,35)/b10-6+/t17-/m0/s1. The van der Waals surface area contributed by atoms with Gasteiger partial charge in [-0.2, -0.15) is 13.2 Å². The average molecular weight is 514 g/mol. The first-order chi connectivity index (χ1) is 17.6. The van der Waals surface area contributed by atoms with Gasteiger partial charge in [-0.15, -0.1) is 0 Å². The maximum absolute atomic E-state index is 13.5. The van der Waals surface area contributed by atoms with Gasteiger partial charge in [0.15, 0.2) is 5.69 Å². The van der Waals surface area contributed by atoms with Crippen LogP contribution in [-0.2, 0) is 6.18 Å². The van der Waals surface area contributed by atoms with E-state index in [4.69, 9.17) is 4.42 Å². The van der Waals surface area contributed by atoms with E-state index in [0.29, 0.717) is 23.7 Å². The number of pyridine rings is 1. The number of allylic oxidation sites excluding steroid dienone is 1. The second-order valence-corrected chi connectivity index (χ2v) is 8.90. The Bertz CT molecular complexity index is 1270. The number of aromatic nitrogens is 2. The molecule has 1 fully saturated rings. The Morgan fingerprint density at radius 2 is 1.95 bits per heavy atom. The molecule has 0 unspecified atom stereocenters. The fraction of sp³-hybridized carbons (Fsp3) is 0.308. The van der Waals surface area contributed by atoms with Crippen LogP contribution < -0.4 is 5.32 Å². The molecule has 3 amide bonds. The maximum atomic E-state index is 13.5. The van der Waals surface area contributed by atoms with Crippen LogP contribution in [0.15, 0.2) is 59.2 Å². The van der Waals surface area contributed by atoms with Crippen LogP contribution in [0.4, 0.5) is 23.7 Å². The summed E-state index contributed by atoms with van der Waals surface area (Å²) in [6.45, 7) is 1.43. The van der Waals surface area contributed by atoms with Gasteiger partial charge in [0.25, 0.3) is 5.91 Å². The van der Waals surface area contributed by atoms with Gasteiger partial charge in [0.2, 0.25) is 11.7 Å². The van der Waals surface area contributed by atoms with Gasteiger partial charge >= 0.3 is 12.2 Å². The Morgan fingerprint density at radius 1 is 1.19 bits per heavy atom. The molecule has 37 heavy (non-hydrogen) atoms. The SMILES string of the molecule is CN(C)C(=O)N1CC[C@H](C/C=C/c2ccc(NC(=O)c3nc(-c4ccccc4)oc3C(F)(F)F)cn2)C1. The lowest BCUT2D eigenvalue weighted by Crippen LogP contribution is -2.37.